The number of guanidine groups is 1. The van der Waals surface area contributed by atoms with Crippen LogP contribution in [0.2, 0.25) is 0 Å². The first-order chi connectivity index (χ1) is 12.2. The number of nitrogens with one attached hydrogen (secondary N) is 2. The summed E-state index contributed by atoms with van der Waals surface area (Å²) in [6, 6.07) is 0. The van der Waals surface area contributed by atoms with Crippen LogP contribution in [0.5, 0.6) is 0 Å². The van der Waals surface area contributed by atoms with Crippen LogP contribution in [0.1, 0.15) is 58.8 Å². The Morgan fingerprint density at radius 1 is 1.16 bits per heavy atom. The zero-order chi connectivity index (χ0) is 18.0. The molecule has 2 N–H and O–H groups in total. The molecule has 5 heteroatoms. The van der Waals surface area contributed by atoms with E-state index in [1.807, 2.05) is 0 Å². The van der Waals surface area contributed by atoms with Crippen LogP contribution in [0.25, 0.3) is 0 Å². The van der Waals surface area contributed by atoms with Gasteiger partial charge in [-0.15, -0.1) is 0 Å². The minimum absolute atomic E-state index is 0.366. The molecule has 1 saturated carbocycles. The van der Waals surface area contributed by atoms with E-state index < -0.39 is 0 Å². The molecule has 2 rings (SSSR count). The van der Waals surface area contributed by atoms with Crippen LogP contribution < -0.4 is 10.6 Å². The molecule has 1 heterocycles. The highest BCUT2D eigenvalue weighted by molar-refractivity contribution is 5.79. The normalized spacial score (nSPS) is 22.3. The monoisotopic (exact) mass is 352 g/mol. The second-order valence-corrected chi connectivity index (χ2v) is 7.98. The SMILES string of the molecule is CCNC(=NCC1(CCOCC)CCCC1)NCC1CCN(C)CC1. The first kappa shape index (κ1) is 20.5. The molecular formula is C20H40N4O. The summed E-state index contributed by atoms with van der Waals surface area (Å²) in [5.41, 5.74) is 0.366. The third-order valence-corrected chi connectivity index (χ3v) is 5.96. The Morgan fingerprint density at radius 3 is 2.52 bits per heavy atom. The molecule has 1 saturated heterocycles. The molecule has 0 bridgehead atoms. The Kier molecular flexibility index (Phi) is 9.04. The zero-order valence-electron chi connectivity index (χ0n) is 16.8. The van der Waals surface area contributed by atoms with Gasteiger partial charge in [-0.2, -0.15) is 0 Å². The highest BCUT2D eigenvalue weighted by Gasteiger charge is 2.33. The predicted octanol–water partition coefficient (Wildman–Crippen LogP) is 2.87. The molecule has 0 amide bonds. The van der Waals surface area contributed by atoms with Crippen molar-refractivity contribution in [2.45, 2.75) is 58.8 Å². The maximum Gasteiger partial charge on any atom is 0.191 e. The van der Waals surface area contributed by atoms with E-state index >= 15 is 0 Å². The summed E-state index contributed by atoms with van der Waals surface area (Å²) in [4.78, 5) is 7.40. The van der Waals surface area contributed by atoms with Crippen molar-refractivity contribution in [3.63, 3.8) is 0 Å². The second kappa shape index (κ2) is 11.0. The Labute approximate surface area is 155 Å². The average Bonchev–Trinajstić information content (AvgIpc) is 3.08. The van der Waals surface area contributed by atoms with Crippen molar-refractivity contribution in [1.82, 2.24) is 15.5 Å². The van der Waals surface area contributed by atoms with E-state index in [0.29, 0.717) is 5.41 Å². The molecule has 0 radical (unpaired) electrons. The molecule has 0 aromatic rings. The molecule has 0 aromatic carbocycles. The van der Waals surface area contributed by atoms with E-state index in [1.54, 1.807) is 0 Å². The summed E-state index contributed by atoms with van der Waals surface area (Å²) in [6.45, 7) is 11.3. The first-order valence-electron chi connectivity index (χ1n) is 10.5. The summed E-state index contributed by atoms with van der Waals surface area (Å²) in [5.74, 6) is 1.78. The first-order valence-corrected chi connectivity index (χ1v) is 10.5. The second-order valence-electron chi connectivity index (χ2n) is 7.98. The lowest BCUT2D eigenvalue weighted by Gasteiger charge is -2.30. The molecule has 0 aromatic heterocycles. The summed E-state index contributed by atoms with van der Waals surface area (Å²) >= 11 is 0. The number of aliphatic imine (C=N–C) groups is 1. The van der Waals surface area contributed by atoms with Gasteiger partial charge in [-0.1, -0.05) is 12.8 Å². The van der Waals surface area contributed by atoms with Gasteiger partial charge in [0.2, 0.25) is 0 Å². The van der Waals surface area contributed by atoms with Gasteiger partial charge in [-0.05, 0) is 77.4 Å². The smallest absolute Gasteiger partial charge is 0.191 e. The van der Waals surface area contributed by atoms with Crippen LogP contribution in [-0.4, -0.2) is 63.8 Å². The van der Waals surface area contributed by atoms with Crippen LogP contribution in [0, 0.1) is 11.3 Å². The largest absolute Gasteiger partial charge is 0.382 e. The van der Waals surface area contributed by atoms with Crippen molar-refractivity contribution < 1.29 is 4.74 Å². The lowest BCUT2D eigenvalue weighted by molar-refractivity contribution is 0.107. The molecule has 0 unspecified atom stereocenters. The lowest BCUT2D eigenvalue weighted by atomic mass is 9.83. The van der Waals surface area contributed by atoms with Crippen LogP contribution in [-0.2, 0) is 4.74 Å². The summed E-state index contributed by atoms with van der Waals surface area (Å²) in [7, 11) is 2.22. The van der Waals surface area contributed by atoms with E-state index in [-0.39, 0.29) is 0 Å². The number of ether oxygens (including phenoxy) is 1. The fraction of sp³-hybridized carbons (Fsp3) is 0.950. The number of nitrogens with zero attached hydrogens (tertiary/aromatic N) is 2. The van der Waals surface area contributed by atoms with E-state index in [2.05, 4.69) is 36.4 Å². The molecule has 5 nitrogen and oxygen atoms in total. The number of rotatable bonds is 9. The van der Waals surface area contributed by atoms with Crippen molar-refractivity contribution in [3.8, 4) is 0 Å². The highest BCUT2D eigenvalue weighted by Crippen LogP contribution is 2.41. The number of piperidine rings is 1. The average molecular weight is 353 g/mol. The molecular weight excluding hydrogens is 312 g/mol. The van der Waals surface area contributed by atoms with Crippen LogP contribution in [0.4, 0.5) is 0 Å². The summed E-state index contributed by atoms with van der Waals surface area (Å²) in [5, 5.41) is 7.04. The van der Waals surface area contributed by atoms with E-state index in [9.17, 15) is 0 Å². The molecule has 1 aliphatic heterocycles. The van der Waals surface area contributed by atoms with Crippen molar-refractivity contribution in [2.24, 2.45) is 16.3 Å². The van der Waals surface area contributed by atoms with Crippen molar-refractivity contribution in [1.29, 1.82) is 0 Å². The maximum atomic E-state index is 5.63. The zero-order valence-corrected chi connectivity index (χ0v) is 16.8. The third-order valence-electron chi connectivity index (χ3n) is 5.96. The third kappa shape index (κ3) is 7.14. The summed E-state index contributed by atoms with van der Waals surface area (Å²) < 4.78 is 5.63. The molecule has 25 heavy (non-hydrogen) atoms. The van der Waals surface area contributed by atoms with Crippen LogP contribution in [0.15, 0.2) is 4.99 Å². The standard InChI is InChI=1S/C20H40N4O/c1-4-21-19(22-16-18-8-13-24(3)14-9-18)23-17-20(10-6-7-11-20)12-15-25-5-2/h18H,4-17H2,1-3H3,(H2,21,22,23). The Morgan fingerprint density at radius 2 is 1.88 bits per heavy atom. The van der Waals surface area contributed by atoms with Crippen LogP contribution in [0.3, 0.4) is 0 Å². The van der Waals surface area contributed by atoms with Gasteiger partial charge >= 0.3 is 0 Å². The Hall–Kier alpha value is -0.810. The predicted molar refractivity (Wildman–Crippen MR) is 106 cm³/mol. The van der Waals surface area contributed by atoms with Gasteiger partial charge in [0.05, 0.1) is 0 Å². The summed E-state index contributed by atoms with van der Waals surface area (Å²) in [6.07, 6.45) is 9.04. The fourth-order valence-corrected chi connectivity index (χ4v) is 4.14. The Bertz CT molecular complexity index is 385. The molecule has 0 spiro atoms. The van der Waals surface area contributed by atoms with Gasteiger partial charge in [-0.25, -0.2) is 0 Å². The number of likely N-dealkylation sites (tertiary alicyclic amines) is 1. The van der Waals surface area contributed by atoms with Crippen molar-refractivity contribution in [2.75, 3.05) is 53.0 Å². The molecule has 0 atom stereocenters. The molecule has 2 aliphatic rings. The van der Waals surface area contributed by atoms with Gasteiger partial charge < -0.3 is 20.3 Å². The van der Waals surface area contributed by atoms with E-state index in [4.69, 9.17) is 9.73 Å². The number of hydrogen-bond acceptors (Lipinski definition) is 3. The molecule has 146 valence electrons. The fourth-order valence-electron chi connectivity index (χ4n) is 4.14. The van der Waals surface area contributed by atoms with Gasteiger partial charge in [-0.3, -0.25) is 4.99 Å². The van der Waals surface area contributed by atoms with Gasteiger partial charge in [0.1, 0.15) is 0 Å². The minimum Gasteiger partial charge on any atom is -0.382 e. The molecule has 2 fully saturated rings. The highest BCUT2D eigenvalue weighted by atomic mass is 16.5. The maximum absolute atomic E-state index is 5.63. The van der Waals surface area contributed by atoms with Gasteiger partial charge in [0, 0.05) is 32.8 Å². The van der Waals surface area contributed by atoms with Crippen molar-refractivity contribution >= 4 is 5.96 Å². The lowest BCUT2D eigenvalue weighted by Crippen LogP contribution is -2.42. The number of hydrogen-bond donors (Lipinski definition) is 2. The molecule has 1 aliphatic carbocycles. The quantitative estimate of drug-likeness (QED) is 0.381. The van der Waals surface area contributed by atoms with Crippen molar-refractivity contribution in [3.05, 3.63) is 0 Å². The van der Waals surface area contributed by atoms with Gasteiger partial charge in [0.25, 0.3) is 0 Å². The van der Waals surface area contributed by atoms with Gasteiger partial charge in [0.15, 0.2) is 5.96 Å². The van der Waals surface area contributed by atoms with Crippen LogP contribution >= 0.6 is 0 Å². The van der Waals surface area contributed by atoms with E-state index in [0.717, 1.165) is 51.1 Å². The Balaban J connectivity index is 1.84. The topological polar surface area (TPSA) is 48.9 Å². The minimum atomic E-state index is 0.366. The van der Waals surface area contributed by atoms with E-state index in [1.165, 1.54) is 51.6 Å².